The molecule has 5 heteroatoms. The van der Waals surface area contributed by atoms with E-state index in [9.17, 15) is 9.90 Å². The number of carbonyl (C=O) groups excluding carboxylic acids is 1. The highest BCUT2D eigenvalue weighted by Crippen LogP contribution is 2.25. The SMILES string of the molecule is COC(=O)c1cc(N2CCCC(C)(O)C2)ccn1. The first-order valence-corrected chi connectivity index (χ1v) is 6.03. The summed E-state index contributed by atoms with van der Waals surface area (Å²) in [4.78, 5) is 17.5. The number of hydrogen-bond donors (Lipinski definition) is 1. The second kappa shape index (κ2) is 4.94. The Morgan fingerprint density at radius 2 is 2.39 bits per heavy atom. The quantitative estimate of drug-likeness (QED) is 0.800. The third-order valence-electron chi connectivity index (χ3n) is 3.18. The summed E-state index contributed by atoms with van der Waals surface area (Å²) in [5, 5.41) is 10.1. The van der Waals surface area contributed by atoms with Crippen molar-refractivity contribution >= 4 is 11.7 Å². The number of esters is 1. The molecule has 0 spiro atoms. The zero-order valence-electron chi connectivity index (χ0n) is 10.7. The Morgan fingerprint density at radius 3 is 3.06 bits per heavy atom. The second-order valence-corrected chi connectivity index (χ2v) is 4.91. The smallest absolute Gasteiger partial charge is 0.356 e. The lowest BCUT2D eigenvalue weighted by atomic mass is 9.95. The Kier molecular flexibility index (Phi) is 3.52. The molecule has 0 radical (unpaired) electrons. The van der Waals surface area contributed by atoms with Crippen LogP contribution >= 0.6 is 0 Å². The van der Waals surface area contributed by atoms with Crippen molar-refractivity contribution < 1.29 is 14.6 Å². The maximum absolute atomic E-state index is 11.4. The van der Waals surface area contributed by atoms with Gasteiger partial charge in [-0.25, -0.2) is 9.78 Å². The van der Waals surface area contributed by atoms with Crippen LogP contribution in [0.25, 0.3) is 0 Å². The van der Waals surface area contributed by atoms with Crippen molar-refractivity contribution in [2.24, 2.45) is 0 Å². The van der Waals surface area contributed by atoms with Gasteiger partial charge in [-0.3, -0.25) is 0 Å². The lowest BCUT2D eigenvalue weighted by Gasteiger charge is -2.38. The van der Waals surface area contributed by atoms with E-state index in [2.05, 4.69) is 14.6 Å². The number of aliphatic hydroxyl groups is 1. The van der Waals surface area contributed by atoms with Gasteiger partial charge in [0, 0.05) is 25.0 Å². The van der Waals surface area contributed by atoms with Crippen molar-refractivity contribution in [2.45, 2.75) is 25.4 Å². The highest BCUT2D eigenvalue weighted by Gasteiger charge is 2.28. The zero-order chi connectivity index (χ0) is 13.2. The molecule has 1 aliphatic heterocycles. The Balaban J connectivity index is 2.20. The molecule has 1 unspecified atom stereocenters. The fourth-order valence-corrected chi connectivity index (χ4v) is 2.27. The molecule has 1 aliphatic rings. The molecule has 1 atom stereocenters. The lowest BCUT2D eigenvalue weighted by molar-refractivity contribution is 0.0449. The Morgan fingerprint density at radius 1 is 1.61 bits per heavy atom. The highest BCUT2D eigenvalue weighted by atomic mass is 16.5. The van der Waals surface area contributed by atoms with E-state index >= 15 is 0 Å². The number of hydrogen-bond acceptors (Lipinski definition) is 5. The summed E-state index contributed by atoms with van der Waals surface area (Å²) in [7, 11) is 1.34. The van der Waals surface area contributed by atoms with Crippen LogP contribution in [-0.4, -0.2) is 41.9 Å². The van der Waals surface area contributed by atoms with Gasteiger partial charge in [0.05, 0.1) is 12.7 Å². The van der Waals surface area contributed by atoms with Gasteiger partial charge in [-0.15, -0.1) is 0 Å². The van der Waals surface area contributed by atoms with E-state index in [0.29, 0.717) is 12.2 Å². The average molecular weight is 250 g/mol. The van der Waals surface area contributed by atoms with Crippen LogP contribution in [-0.2, 0) is 4.74 Å². The molecule has 0 amide bonds. The van der Waals surface area contributed by atoms with Gasteiger partial charge in [-0.2, -0.15) is 0 Å². The topological polar surface area (TPSA) is 62.7 Å². The third kappa shape index (κ3) is 2.79. The number of piperidine rings is 1. The minimum atomic E-state index is -0.674. The van der Waals surface area contributed by atoms with Crippen LogP contribution in [0.15, 0.2) is 18.3 Å². The van der Waals surface area contributed by atoms with Gasteiger partial charge >= 0.3 is 5.97 Å². The van der Waals surface area contributed by atoms with Gasteiger partial charge in [0.15, 0.2) is 0 Å². The largest absolute Gasteiger partial charge is 0.464 e. The van der Waals surface area contributed by atoms with E-state index in [0.717, 1.165) is 25.1 Å². The summed E-state index contributed by atoms with van der Waals surface area (Å²) >= 11 is 0. The summed E-state index contributed by atoms with van der Waals surface area (Å²) in [6, 6.07) is 3.54. The maximum Gasteiger partial charge on any atom is 0.356 e. The number of pyridine rings is 1. The Labute approximate surface area is 106 Å². The second-order valence-electron chi connectivity index (χ2n) is 4.91. The number of carbonyl (C=O) groups is 1. The summed E-state index contributed by atoms with van der Waals surface area (Å²) in [5.41, 5.74) is 0.512. The number of β-amino-alcohol motifs (C(OH)–C–C–N with tert-alkyl or cyclic N) is 1. The molecular formula is C13H18N2O3. The van der Waals surface area contributed by atoms with Gasteiger partial charge in [0.1, 0.15) is 5.69 Å². The van der Waals surface area contributed by atoms with Crippen LogP contribution in [0.4, 0.5) is 5.69 Å². The first-order chi connectivity index (χ1) is 8.52. The minimum absolute atomic E-state index is 0.292. The molecule has 1 aromatic rings. The average Bonchev–Trinajstić information content (AvgIpc) is 2.37. The van der Waals surface area contributed by atoms with Crippen molar-refractivity contribution in [1.29, 1.82) is 0 Å². The predicted molar refractivity (Wildman–Crippen MR) is 67.6 cm³/mol. The van der Waals surface area contributed by atoms with Gasteiger partial charge in [-0.05, 0) is 31.9 Å². The van der Waals surface area contributed by atoms with Crippen molar-refractivity contribution in [3.05, 3.63) is 24.0 Å². The number of ether oxygens (including phenoxy) is 1. The molecule has 0 bridgehead atoms. The first kappa shape index (κ1) is 12.8. The minimum Gasteiger partial charge on any atom is -0.464 e. The molecule has 1 N–H and O–H groups in total. The Bertz CT molecular complexity index is 446. The van der Waals surface area contributed by atoms with Crippen LogP contribution in [0.1, 0.15) is 30.3 Å². The van der Waals surface area contributed by atoms with E-state index in [-0.39, 0.29) is 0 Å². The van der Waals surface area contributed by atoms with Crippen molar-refractivity contribution in [2.75, 3.05) is 25.1 Å². The van der Waals surface area contributed by atoms with E-state index in [1.165, 1.54) is 7.11 Å². The molecule has 1 saturated heterocycles. The normalized spacial score (nSPS) is 23.8. The molecule has 1 fully saturated rings. The van der Waals surface area contributed by atoms with Crippen molar-refractivity contribution in [1.82, 2.24) is 4.98 Å². The molecular weight excluding hydrogens is 232 g/mol. The fourth-order valence-electron chi connectivity index (χ4n) is 2.27. The Hall–Kier alpha value is -1.62. The third-order valence-corrected chi connectivity index (χ3v) is 3.18. The molecule has 2 heterocycles. The van der Waals surface area contributed by atoms with Crippen molar-refractivity contribution in [3.63, 3.8) is 0 Å². The number of methoxy groups -OCH3 is 1. The number of aromatic nitrogens is 1. The molecule has 98 valence electrons. The molecule has 2 rings (SSSR count). The molecule has 1 aromatic heterocycles. The molecule has 5 nitrogen and oxygen atoms in total. The number of rotatable bonds is 2. The lowest BCUT2D eigenvalue weighted by Crippen LogP contribution is -2.46. The highest BCUT2D eigenvalue weighted by molar-refractivity contribution is 5.88. The van der Waals surface area contributed by atoms with E-state index in [4.69, 9.17) is 0 Å². The molecule has 0 aromatic carbocycles. The van der Waals surface area contributed by atoms with E-state index in [1.54, 1.807) is 12.3 Å². The number of nitrogens with zero attached hydrogens (tertiary/aromatic N) is 2. The maximum atomic E-state index is 11.4. The standard InChI is InChI=1S/C13H18N2O3/c1-13(17)5-3-7-15(9-13)10-4-6-14-11(8-10)12(16)18-2/h4,6,8,17H,3,5,7,9H2,1-2H3. The van der Waals surface area contributed by atoms with Crippen molar-refractivity contribution in [3.8, 4) is 0 Å². The summed E-state index contributed by atoms with van der Waals surface area (Å²) in [6.07, 6.45) is 3.33. The van der Waals surface area contributed by atoms with E-state index < -0.39 is 11.6 Å². The van der Waals surface area contributed by atoms with Crippen LogP contribution in [0.3, 0.4) is 0 Å². The van der Waals surface area contributed by atoms with Crippen LogP contribution in [0.5, 0.6) is 0 Å². The monoisotopic (exact) mass is 250 g/mol. The zero-order valence-corrected chi connectivity index (χ0v) is 10.7. The van der Waals surface area contributed by atoms with Gasteiger partial charge in [-0.1, -0.05) is 0 Å². The van der Waals surface area contributed by atoms with Crippen LogP contribution in [0.2, 0.25) is 0 Å². The van der Waals surface area contributed by atoms with E-state index in [1.807, 2.05) is 13.0 Å². The predicted octanol–water partition coefficient (Wildman–Crippen LogP) is 1.22. The summed E-state index contributed by atoms with van der Waals surface area (Å²) < 4.78 is 4.65. The van der Waals surface area contributed by atoms with Gasteiger partial charge in [0.2, 0.25) is 0 Å². The molecule has 0 aliphatic carbocycles. The molecule has 0 saturated carbocycles. The van der Waals surface area contributed by atoms with Crippen LogP contribution in [0, 0.1) is 0 Å². The number of anilines is 1. The van der Waals surface area contributed by atoms with Gasteiger partial charge in [0.25, 0.3) is 0 Å². The molecule has 18 heavy (non-hydrogen) atoms. The summed E-state index contributed by atoms with van der Waals surface area (Å²) in [5.74, 6) is -0.444. The van der Waals surface area contributed by atoms with Crippen LogP contribution < -0.4 is 4.90 Å². The van der Waals surface area contributed by atoms with Gasteiger partial charge < -0.3 is 14.7 Å². The summed E-state index contributed by atoms with van der Waals surface area (Å²) in [6.45, 7) is 3.28. The fraction of sp³-hybridized carbons (Fsp3) is 0.538. The first-order valence-electron chi connectivity index (χ1n) is 6.03.